The summed E-state index contributed by atoms with van der Waals surface area (Å²) in [5.41, 5.74) is 3.77. The van der Waals surface area contributed by atoms with Crippen molar-refractivity contribution in [3.63, 3.8) is 0 Å². The summed E-state index contributed by atoms with van der Waals surface area (Å²) in [4.78, 5) is 20.2. The number of pyridine rings is 1. The predicted molar refractivity (Wildman–Crippen MR) is 99.8 cm³/mol. The van der Waals surface area contributed by atoms with Gasteiger partial charge < -0.3 is 15.2 Å². The molecule has 2 amide bonds. The summed E-state index contributed by atoms with van der Waals surface area (Å²) in [6.45, 7) is 1.25. The highest BCUT2D eigenvalue weighted by Crippen LogP contribution is 2.33. The average Bonchev–Trinajstić information content (AvgIpc) is 3.17. The standard InChI is InChI=1S/C20H20FN5O/c21-15-5-8-17(23-10-15)11-24-20(27)25-16-6-3-14(4-7-16)18-2-1-9-26-13-22-12-19(18)26/h3-8,10,12-13,18H,1-2,9,11H2,(H2,24,25,27)/t18-/m0/s1. The summed E-state index contributed by atoms with van der Waals surface area (Å²) < 4.78 is 15.0. The van der Waals surface area contributed by atoms with Crippen molar-refractivity contribution in [3.8, 4) is 0 Å². The molecule has 27 heavy (non-hydrogen) atoms. The molecule has 2 aromatic heterocycles. The van der Waals surface area contributed by atoms with Gasteiger partial charge in [0.2, 0.25) is 0 Å². The molecule has 0 spiro atoms. The van der Waals surface area contributed by atoms with Gasteiger partial charge in [0.15, 0.2) is 0 Å². The predicted octanol–water partition coefficient (Wildman–Crippen LogP) is 3.66. The summed E-state index contributed by atoms with van der Waals surface area (Å²) in [7, 11) is 0. The largest absolute Gasteiger partial charge is 0.334 e. The lowest BCUT2D eigenvalue weighted by atomic mass is 9.89. The van der Waals surface area contributed by atoms with Gasteiger partial charge in [-0.3, -0.25) is 4.98 Å². The monoisotopic (exact) mass is 365 g/mol. The molecule has 3 heterocycles. The van der Waals surface area contributed by atoms with Crippen LogP contribution < -0.4 is 10.6 Å². The van der Waals surface area contributed by atoms with Crippen molar-refractivity contribution in [2.45, 2.75) is 31.8 Å². The van der Waals surface area contributed by atoms with E-state index in [-0.39, 0.29) is 12.6 Å². The zero-order valence-electron chi connectivity index (χ0n) is 14.7. The van der Waals surface area contributed by atoms with Crippen LogP contribution >= 0.6 is 0 Å². The van der Waals surface area contributed by atoms with Gasteiger partial charge in [0, 0.05) is 30.0 Å². The van der Waals surface area contributed by atoms with E-state index in [9.17, 15) is 9.18 Å². The van der Waals surface area contributed by atoms with Gasteiger partial charge >= 0.3 is 6.03 Å². The second kappa shape index (κ2) is 7.57. The number of anilines is 1. The zero-order valence-corrected chi connectivity index (χ0v) is 14.7. The third-order valence-corrected chi connectivity index (χ3v) is 4.78. The first-order chi connectivity index (χ1) is 13.2. The fourth-order valence-corrected chi connectivity index (χ4v) is 3.41. The Morgan fingerprint density at radius 2 is 2.04 bits per heavy atom. The summed E-state index contributed by atoms with van der Waals surface area (Å²) in [5.74, 6) is -0.0574. The fourth-order valence-electron chi connectivity index (χ4n) is 3.41. The number of urea groups is 1. The van der Waals surface area contributed by atoms with E-state index in [1.807, 2.05) is 36.8 Å². The Kier molecular flexibility index (Phi) is 4.82. The van der Waals surface area contributed by atoms with E-state index in [0.717, 1.165) is 25.6 Å². The molecule has 1 atom stereocenters. The van der Waals surface area contributed by atoms with Gasteiger partial charge in [-0.1, -0.05) is 12.1 Å². The SMILES string of the molecule is O=C(NCc1ccc(F)cn1)Nc1ccc([C@@H]2CCCn3cncc32)cc1. The minimum Gasteiger partial charge on any atom is -0.334 e. The Balaban J connectivity index is 1.35. The molecule has 138 valence electrons. The summed E-state index contributed by atoms with van der Waals surface area (Å²) in [6.07, 6.45) is 7.19. The van der Waals surface area contributed by atoms with Crippen molar-refractivity contribution in [1.82, 2.24) is 19.9 Å². The molecule has 7 heteroatoms. The number of fused-ring (bicyclic) bond motifs is 1. The van der Waals surface area contributed by atoms with Gasteiger partial charge in [0.05, 0.1) is 24.8 Å². The molecule has 0 radical (unpaired) electrons. The molecule has 1 aromatic carbocycles. The number of carbonyl (C=O) groups excluding carboxylic acids is 1. The van der Waals surface area contributed by atoms with Gasteiger partial charge in [-0.15, -0.1) is 0 Å². The number of carbonyl (C=O) groups is 1. The number of rotatable bonds is 4. The van der Waals surface area contributed by atoms with Crippen molar-refractivity contribution < 1.29 is 9.18 Å². The molecule has 1 aliphatic heterocycles. The van der Waals surface area contributed by atoms with E-state index >= 15 is 0 Å². The van der Waals surface area contributed by atoms with Crippen LogP contribution in [0, 0.1) is 5.82 Å². The third kappa shape index (κ3) is 3.97. The minimum atomic E-state index is -0.399. The molecular formula is C20H20FN5O. The van der Waals surface area contributed by atoms with E-state index < -0.39 is 5.82 Å². The van der Waals surface area contributed by atoms with Crippen LogP contribution in [-0.2, 0) is 13.1 Å². The second-order valence-corrected chi connectivity index (χ2v) is 6.60. The Hall–Kier alpha value is -3.22. The van der Waals surface area contributed by atoms with Gasteiger partial charge in [0.25, 0.3) is 0 Å². The van der Waals surface area contributed by atoms with Crippen LogP contribution in [0.25, 0.3) is 0 Å². The molecule has 4 rings (SSSR count). The van der Waals surface area contributed by atoms with Gasteiger partial charge in [-0.25, -0.2) is 14.2 Å². The minimum absolute atomic E-state index is 0.232. The number of hydrogen-bond donors (Lipinski definition) is 2. The van der Waals surface area contributed by atoms with Crippen molar-refractivity contribution >= 4 is 11.7 Å². The summed E-state index contributed by atoms with van der Waals surface area (Å²) >= 11 is 0. The number of aryl methyl sites for hydroxylation is 1. The Labute approximate surface area is 156 Å². The van der Waals surface area contributed by atoms with Gasteiger partial charge in [-0.05, 0) is 42.7 Å². The molecule has 0 unspecified atom stereocenters. The molecule has 3 aromatic rings. The average molecular weight is 365 g/mol. The number of nitrogens with one attached hydrogen (secondary N) is 2. The van der Waals surface area contributed by atoms with Crippen LogP contribution in [0.3, 0.4) is 0 Å². The summed E-state index contributed by atoms with van der Waals surface area (Å²) in [6, 6.07) is 10.4. The molecule has 1 aliphatic rings. The first kappa shape index (κ1) is 17.2. The number of benzene rings is 1. The lowest BCUT2D eigenvalue weighted by Gasteiger charge is -2.24. The molecule has 0 bridgehead atoms. The number of aromatic nitrogens is 3. The molecule has 2 N–H and O–H groups in total. The van der Waals surface area contributed by atoms with E-state index in [0.29, 0.717) is 17.3 Å². The lowest BCUT2D eigenvalue weighted by Crippen LogP contribution is -2.28. The van der Waals surface area contributed by atoms with Gasteiger partial charge in [0.1, 0.15) is 5.82 Å². The van der Waals surface area contributed by atoms with Crippen LogP contribution in [0.4, 0.5) is 14.9 Å². The van der Waals surface area contributed by atoms with E-state index in [1.165, 1.54) is 17.3 Å². The maximum atomic E-state index is 12.8. The Morgan fingerprint density at radius 1 is 1.19 bits per heavy atom. The zero-order chi connectivity index (χ0) is 18.6. The second-order valence-electron chi connectivity index (χ2n) is 6.60. The Bertz CT molecular complexity index is 920. The van der Waals surface area contributed by atoms with Crippen LogP contribution in [0.15, 0.2) is 55.1 Å². The van der Waals surface area contributed by atoms with E-state index in [2.05, 4.69) is 25.2 Å². The van der Waals surface area contributed by atoms with Crippen molar-refractivity contribution in [2.75, 3.05) is 5.32 Å². The molecule has 6 nitrogen and oxygen atoms in total. The Morgan fingerprint density at radius 3 is 2.81 bits per heavy atom. The molecular weight excluding hydrogens is 345 g/mol. The highest BCUT2D eigenvalue weighted by molar-refractivity contribution is 5.89. The number of amides is 2. The summed E-state index contributed by atoms with van der Waals surface area (Å²) in [5, 5.41) is 5.51. The highest BCUT2D eigenvalue weighted by Gasteiger charge is 2.22. The highest BCUT2D eigenvalue weighted by atomic mass is 19.1. The van der Waals surface area contributed by atoms with Gasteiger partial charge in [-0.2, -0.15) is 0 Å². The first-order valence-electron chi connectivity index (χ1n) is 8.94. The van der Waals surface area contributed by atoms with Crippen LogP contribution in [0.2, 0.25) is 0 Å². The maximum absolute atomic E-state index is 12.8. The topological polar surface area (TPSA) is 71.8 Å². The number of halogens is 1. The van der Waals surface area contributed by atoms with E-state index in [1.54, 1.807) is 6.07 Å². The van der Waals surface area contributed by atoms with Crippen molar-refractivity contribution in [1.29, 1.82) is 0 Å². The third-order valence-electron chi connectivity index (χ3n) is 4.78. The molecule has 0 saturated carbocycles. The molecule has 0 aliphatic carbocycles. The van der Waals surface area contributed by atoms with Crippen LogP contribution in [0.5, 0.6) is 0 Å². The van der Waals surface area contributed by atoms with Crippen molar-refractivity contribution in [2.24, 2.45) is 0 Å². The first-order valence-corrected chi connectivity index (χ1v) is 8.94. The van der Waals surface area contributed by atoms with Crippen LogP contribution in [0.1, 0.15) is 35.7 Å². The lowest BCUT2D eigenvalue weighted by molar-refractivity contribution is 0.251. The smallest absolute Gasteiger partial charge is 0.319 e. The quantitative estimate of drug-likeness (QED) is 0.741. The normalized spacial score (nSPS) is 15.8. The maximum Gasteiger partial charge on any atom is 0.319 e. The number of hydrogen-bond acceptors (Lipinski definition) is 3. The van der Waals surface area contributed by atoms with Crippen molar-refractivity contribution in [3.05, 3.63) is 77.9 Å². The number of nitrogens with zero attached hydrogens (tertiary/aromatic N) is 3. The van der Waals surface area contributed by atoms with Crippen LogP contribution in [-0.4, -0.2) is 20.6 Å². The molecule has 0 saturated heterocycles. The fraction of sp³-hybridized carbons (Fsp3) is 0.250. The number of imidazole rings is 1. The molecule has 0 fully saturated rings. The van der Waals surface area contributed by atoms with E-state index in [4.69, 9.17) is 0 Å².